The van der Waals surface area contributed by atoms with E-state index in [0.717, 1.165) is 11.6 Å². The summed E-state index contributed by atoms with van der Waals surface area (Å²) in [6, 6.07) is 12.3. The smallest absolute Gasteiger partial charge is 0.303 e. The summed E-state index contributed by atoms with van der Waals surface area (Å²) in [5.41, 5.74) is 1.47. The molecule has 5 heteroatoms. The number of rotatable bonds is 5. The average molecular weight is 287 g/mol. The molecule has 2 aromatic carbocycles. The molecule has 0 bridgehead atoms. The van der Waals surface area contributed by atoms with Gasteiger partial charge in [-0.05, 0) is 36.2 Å². The zero-order chi connectivity index (χ0) is 15.2. The van der Waals surface area contributed by atoms with Crippen molar-refractivity contribution in [1.82, 2.24) is 0 Å². The van der Waals surface area contributed by atoms with E-state index in [9.17, 15) is 14.0 Å². The van der Waals surface area contributed by atoms with E-state index in [-0.39, 0.29) is 12.0 Å². The number of aliphatic carboxylic acids is 1. The second kappa shape index (κ2) is 6.65. The first kappa shape index (κ1) is 14.7. The van der Waals surface area contributed by atoms with Crippen molar-refractivity contribution in [3.8, 4) is 0 Å². The third kappa shape index (κ3) is 4.14. The quantitative estimate of drug-likeness (QED) is 0.888. The van der Waals surface area contributed by atoms with Crippen LogP contribution < -0.4 is 5.32 Å². The van der Waals surface area contributed by atoms with Crippen LogP contribution in [0.2, 0.25) is 0 Å². The van der Waals surface area contributed by atoms with Gasteiger partial charge in [0.1, 0.15) is 5.82 Å². The van der Waals surface area contributed by atoms with Crippen LogP contribution in [0.3, 0.4) is 0 Å². The van der Waals surface area contributed by atoms with Gasteiger partial charge in [0.25, 0.3) is 5.91 Å². The summed E-state index contributed by atoms with van der Waals surface area (Å²) >= 11 is 0. The minimum absolute atomic E-state index is 0.0210. The van der Waals surface area contributed by atoms with Crippen LogP contribution in [-0.2, 0) is 11.2 Å². The maximum absolute atomic E-state index is 13.1. The molecule has 0 atom stereocenters. The molecule has 0 saturated carbocycles. The predicted molar refractivity (Wildman–Crippen MR) is 76.8 cm³/mol. The van der Waals surface area contributed by atoms with Crippen molar-refractivity contribution in [2.75, 3.05) is 5.32 Å². The van der Waals surface area contributed by atoms with Crippen LogP contribution in [0.5, 0.6) is 0 Å². The van der Waals surface area contributed by atoms with Gasteiger partial charge >= 0.3 is 5.97 Å². The van der Waals surface area contributed by atoms with Crippen LogP contribution in [0.25, 0.3) is 0 Å². The first-order valence-corrected chi connectivity index (χ1v) is 6.43. The highest BCUT2D eigenvalue weighted by atomic mass is 19.1. The van der Waals surface area contributed by atoms with Gasteiger partial charge < -0.3 is 10.4 Å². The number of para-hydroxylation sites is 1. The van der Waals surface area contributed by atoms with Crippen LogP contribution in [0, 0.1) is 5.82 Å². The Kier molecular flexibility index (Phi) is 4.66. The number of anilines is 1. The fourth-order valence-electron chi connectivity index (χ4n) is 1.93. The van der Waals surface area contributed by atoms with Gasteiger partial charge in [-0.1, -0.05) is 24.3 Å². The third-order valence-corrected chi connectivity index (χ3v) is 2.96. The molecule has 0 aliphatic heterocycles. The predicted octanol–water partition coefficient (Wildman–Crippen LogP) is 3.10. The Morgan fingerprint density at radius 1 is 1.10 bits per heavy atom. The van der Waals surface area contributed by atoms with Crippen LogP contribution in [0.15, 0.2) is 48.5 Å². The molecule has 0 spiro atoms. The van der Waals surface area contributed by atoms with Crippen LogP contribution in [0.4, 0.5) is 10.1 Å². The molecule has 2 rings (SSSR count). The maximum atomic E-state index is 13.1. The summed E-state index contributed by atoms with van der Waals surface area (Å²) in [7, 11) is 0. The lowest BCUT2D eigenvalue weighted by atomic mass is 10.1. The molecule has 2 N–H and O–H groups in total. The number of halogens is 1. The van der Waals surface area contributed by atoms with Gasteiger partial charge in [-0.2, -0.15) is 0 Å². The van der Waals surface area contributed by atoms with E-state index in [1.165, 1.54) is 18.2 Å². The number of nitrogens with one attached hydrogen (secondary N) is 1. The molecule has 0 fully saturated rings. The fourth-order valence-corrected chi connectivity index (χ4v) is 1.93. The molecule has 108 valence electrons. The van der Waals surface area contributed by atoms with Crippen molar-refractivity contribution in [2.45, 2.75) is 12.8 Å². The first-order chi connectivity index (χ1) is 10.1. The highest BCUT2D eigenvalue weighted by Crippen LogP contribution is 2.18. The lowest BCUT2D eigenvalue weighted by molar-refractivity contribution is -0.136. The van der Waals surface area contributed by atoms with Gasteiger partial charge in [0.15, 0.2) is 0 Å². The van der Waals surface area contributed by atoms with Crippen molar-refractivity contribution >= 4 is 17.6 Å². The number of benzene rings is 2. The number of carbonyl (C=O) groups is 2. The molecule has 0 aromatic heterocycles. The summed E-state index contributed by atoms with van der Waals surface area (Å²) in [4.78, 5) is 22.7. The minimum Gasteiger partial charge on any atom is -0.481 e. The number of carbonyl (C=O) groups excluding carboxylic acids is 1. The molecule has 0 heterocycles. The standard InChI is InChI=1S/C16H14FNO3/c17-13-6-3-5-12(10-13)16(21)18-14-7-2-1-4-11(14)8-9-15(19)20/h1-7,10H,8-9H2,(H,18,21)(H,19,20). The van der Waals surface area contributed by atoms with E-state index in [2.05, 4.69) is 5.32 Å². The molecular formula is C16H14FNO3. The molecule has 0 aliphatic rings. The van der Waals surface area contributed by atoms with Gasteiger partial charge in [-0.15, -0.1) is 0 Å². The topological polar surface area (TPSA) is 66.4 Å². The molecule has 4 nitrogen and oxygen atoms in total. The average Bonchev–Trinajstić information content (AvgIpc) is 2.46. The van der Waals surface area contributed by atoms with Crippen molar-refractivity contribution in [3.63, 3.8) is 0 Å². The van der Waals surface area contributed by atoms with Crippen molar-refractivity contribution < 1.29 is 19.1 Å². The summed E-state index contributed by atoms with van der Waals surface area (Å²) in [6.45, 7) is 0. The Hall–Kier alpha value is -2.69. The molecule has 0 saturated heterocycles. The molecule has 2 aromatic rings. The second-order valence-corrected chi connectivity index (χ2v) is 4.52. The van der Waals surface area contributed by atoms with Crippen LogP contribution >= 0.6 is 0 Å². The van der Waals surface area contributed by atoms with Crippen LogP contribution in [0.1, 0.15) is 22.3 Å². The summed E-state index contributed by atoms with van der Waals surface area (Å²) in [6.07, 6.45) is 0.293. The highest BCUT2D eigenvalue weighted by molar-refractivity contribution is 6.04. The van der Waals surface area contributed by atoms with Crippen molar-refractivity contribution in [1.29, 1.82) is 0 Å². The highest BCUT2D eigenvalue weighted by Gasteiger charge is 2.10. The molecule has 21 heavy (non-hydrogen) atoms. The number of carboxylic acid groups (broad SMARTS) is 1. The lowest BCUT2D eigenvalue weighted by Gasteiger charge is -2.10. The zero-order valence-corrected chi connectivity index (χ0v) is 11.2. The number of aryl methyl sites for hydroxylation is 1. The third-order valence-electron chi connectivity index (χ3n) is 2.96. The number of hydrogen-bond donors (Lipinski definition) is 2. The van der Waals surface area contributed by atoms with Gasteiger partial charge in [-0.25, -0.2) is 4.39 Å². The SMILES string of the molecule is O=C(O)CCc1ccccc1NC(=O)c1cccc(F)c1. The molecular weight excluding hydrogens is 273 g/mol. The molecule has 0 aliphatic carbocycles. The van der Waals surface area contributed by atoms with E-state index < -0.39 is 17.7 Å². The largest absolute Gasteiger partial charge is 0.481 e. The summed E-state index contributed by atoms with van der Waals surface area (Å²) in [5, 5.41) is 11.4. The van der Waals surface area contributed by atoms with E-state index >= 15 is 0 Å². The van der Waals surface area contributed by atoms with Gasteiger partial charge in [0.05, 0.1) is 0 Å². The van der Waals surface area contributed by atoms with Crippen molar-refractivity contribution in [2.24, 2.45) is 0 Å². The van der Waals surface area contributed by atoms with E-state index in [0.29, 0.717) is 12.1 Å². The Morgan fingerprint density at radius 3 is 2.57 bits per heavy atom. The van der Waals surface area contributed by atoms with Crippen LogP contribution in [-0.4, -0.2) is 17.0 Å². The van der Waals surface area contributed by atoms with Gasteiger partial charge in [0, 0.05) is 17.7 Å². The molecule has 0 unspecified atom stereocenters. The van der Waals surface area contributed by atoms with Crippen molar-refractivity contribution in [3.05, 3.63) is 65.5 Å². The monoisotopic (exact) mass is 287 g/mol. The normalized spacial score (nSPS) is 10.1. The number of hydrogen-bond acceptors (Lipinski definition) is 2. The number of amides is 1. The van der Waals surface area contributed by atoms with Gasteiger partial charge in [-0.3, -0.25) is 9.59 Å². The summed E-state index contributed by atoms with van der Waals surface area (Å²) in [5.74, 6) is -1.82. The Balaban J connectivity index is 2.15. The van der Waals surface area contributed by atoms with Gasteiger partial charge in [0.2, 0.25) is 0 Å². The van der Waals surface area contributed by atoms with E-state index in [4.69, 9.17) is 5.11 Å². The summed E-state index contributed by atoms with van der Waals surface area (Å²) < 4.78 is 13.1. The lowest BCUT2D eigenvalue weighted by Crippen LogP contribution is -2.13. The van der Waals surface area contributed by atoms with E-state index in [1.807, 2.05) is 0 Å². The molecule has 0 radical (unpaired) electrons. The Morgan fingerprint density at radius 2 is 1.86 bits per heavy atom. The maximum Gasteiger partial charge on any atom is 0.303 e. The Labute approximate surface area is 121 Å². The minimum atomic E-state index is -0.902. The number of carboxylic acids is 1. The second-order valence-electron chi connectivity index (χ2n) is 4.52. The molecule has 1 amide bonds. The first-order valence-electron chi connectivity index (χ1n) is 6.43. The fraction of sp³-hybridized carbons (Fsp3) is 0.125. The zero-order valence-electron chi connectivity index (χ0n) is 11.2. The Bertz CT molecular complexity index is 670. The van der Waals surface area contributed by atoms with E-state index in [1.54, 1.807) is 24.3 Å².